The molecule has 0 spiro atoms. The van der Waals surface area contributed by atoms with Crippen molar-refractivity contribution in [2.24, 2.45) is 17.6 Å². The molecule has 1 heterocycles. The van der Waals surface area contributed by atoms with Crippen LogP contribution in [0.2, 0.25) is 0 Å². The lowest BCUT2D eigenvalue weighted by Gasteiger charge is -2.30. The van der Waals surface area contributed by atoms with Crippen molar-refractivity contribution in [3.63, 3.8) is 0 Å². The Labute approximate surface area is 267 Å². The molecule has 0 radical (unpaired) electrons. The number of amides is 2. The number of rotatable bonds is 7. The molecule has 2 aliphatic rings. The van der Waals surface area contributed by atoms with Crippen LogP contribution in [0.5, 0.6) is 0 Å². The van der Waals surface area contributed by atoms with Gasteiger partial charge in [-0.3, -0.25) is 14.4 Å². The van der Waals surface area contributed by atoms with E-state index in [-0.39, 0.29) is 40.7 Å². The molecular formula is C31H44IN3O8. The summed E-state index contributed by atoms with van der Waals surface area (Å²) in [5.74, 6) is -2.00. The van der Waals surface area contributed by atoms with E-state index in [1.165, 1.54) is 20.3 Å². The molecule has 5 N–H and O–H groups in total. The summed E-state index contributed by atoms with van der Waals surface area (Å²) in [5.41, 5.74) is 6.61. The lowest BCUT2D eigenvalue weighted by atomic mass is 9.85. The number of Topliss-reactive ketones (excluding diaryl/α,β-unsaturated/α-hetero) is 1. The highest BCUT2D eigenvalue weighted by Gasteiger charge is 2.33. The van der Waals surface area contributed by atoms with Gasteiger partial charge in [0.05, 0.1) is 23.6 Å². The Hall–Kier alpha value is -2.81. The van der Waals surface area contributed by atoms with Gasteiger partial charge in [0.25, 0.3) is 5.91 Å². The van der Waals surface area contributed by atoms with E-state index >= 15 is 0 Å². The van der Waals surface area contributed by atoms with Gasteiger partial charge < -0.3 is 35.7 Å². The minimum Gasteiger partial charge on any atom is -0.439 e. The number of hydrogen-bond acceptors (Lipinski definition) is 9. The molecule has 2 bridgehead atoms. The summed E-state index contributed by atoms with van der Waals surface area (Å²) in [5, 5.41) is 17.0. The van der Waals surface area contributed by atoms with E-state index < -0.39 is 48.1 Å². The minimum atomic E-state index is -0.995. The van der Waals surface area contributed by atoms with Gasteiger partial charge in [-0.1, -0.05) is 60.7 Å². The molecule has 0 aromatic rings. The Morgan fingerprint density at radius 3 is 2.49 bits per heavy atom. The van der Waals surface area contributed by atoms with Gasteiger partial charge in [0.15, 0.2) is 6.10 Å². The smallest absolute Gasteiger partial charge is 0.405 e. The third kappa shape index (κ3) is 10.4. The highest BCUT2D eigenvalue weighted by atomic mass is 127. The zero-order valence-corrected chi connectivity index (χ0v) is 27.8. The topological polar surface area (TPSA) is 166 Å². The van der Waals surface area contributed by atoms with Gasteiger partial charge in [0, 0.05) is 48.3 Å². The van der Waals surface area contributed by atoms with Crippen LogP contribution < -0.4 is 16.4 Å². The van der Waals surface area contributed by atoms with Gasteiger partial charge in [-0.25, -0.2) is 4.79 Å². The number of allylic oxidation sites excluding steroid dienone is 4. The molecule has 238 valence electrons. The molecule has 12 heteroatoms. The lowest BCUT2D eigenvalue weighted by molar-refractivity contribution is -0.120. The van der Waals surface area contributed by atoms with Crippen molar-refractivity contribution in [2.45, 2.75) is 71.4 Å². The Kier molecular flexibility index (Phi) is 14.8. The van der Waals surface area contributed by atoms with E-state index in [2.05, 4.69) is 33.2 Å². The Bertz CT molecular complexity index is 1210. The number of carbonyl (C=O) groups excluding carboxylic acids is 4. The summed E-state index contributed by atoms with van der Waals surface area (Å²) in [6.07, 6.45) is 4.76. The highest BCUT2D eigenvalue weighted by molar-refractivity contribution is 14.1. The number of halogens is 1. The fourth-order valence-electron chi connectivity index (χ4n) is 5.06. The lowest BCUT2D eigenvalue weighted by Crippen LogP contribution is -2.38. The van der Waals surface area contributed by atoms with Gasteiger partial charge in [-0.05, 0) is 44.6 Å². The molecule has 0 aromatic heterocycles. The zero-order valence-electron chi connectivity index (χ0n) is 25.6. The molecule has 6 atom stereocenters. The summed E-state index contributed by atoms with van der Waals surface area (Å²) in [7, 11) is 2.94. The standard InChI is InChI=1S/C31H44IN3O8/c1-17-13-21-26(34-12-8-11-32)23(36)16-22(28(21)38)35-30(39)18(2)9-7-10-24(41-5)29(43-31(33)40)20(4)15-19(3)27(37)25(14-17)42-6/h7,9-10,15-17,19,24-25,27,29,34,37H,8,11-14H2,1-6H3,(H2,33,40)(H,35,39)/b10-7+,18-9-,20-15+/t17-,19+,24-,25+,27-,29+/m1/s1. The SMILES string of the molecule is CO[C@H]1C[C@H](C)CC2=C(NCCCI)C(=O)C=C(NC(=O)/C(C)=C\C=C\[C@@H](OC)[C@@H](OC(N)=O)/C(C)=C/[C@H](C)[C@H]1O)C2=O. The van der Waals surface area contributed by atoms with Gasteiger partial charge in [-0.15, -0.1) is 0 Å². The fraction of sp³-hybridized carbons (Fsp3) is 0.548. The monoisotopic (exact) mass is 713 g/mol. The first-order valence-corrected chi connectivity index (χ1v) is 15.7. The number of ether oxygens (including phenoxy) is 3. The third-order valence-electron chi connectivity index (χ3n) is 7.41. The van der Waals surface area contributed by atoms with Crippen LogP contribution in [0.15, 0.2) is 58.5 Å². The van der Waals surface area contributed by atoms with E-state index in [9.17, 15) is 24.3 Å². The second-order valence-corrected chi connectivity index (χ2v) is 12.0. The van der Waals surface area contributed by atoms with Crippen LogP contribution in [0.3, 0.4) is 0 Å². The van der Waals surface area contributed by atoms with E-state index in [1.54, 1.807) is 32.1 Å². The third-order valence-corrected chi connectivity index (χ3v) is 8.17. The maximum Gasteiger partial charge on any atom is 0.405 e. The van der Waals surface area contributed by atoms with Crippen molar-refractivity contribution in [3.05, 3.63) is 58.5 Å². The fourth-order valence-corrected chi connectivity index (χ4v) is 5.44. The molecule has 2 amide bonds. The van der Waals surface area contributed by atoms with E-state index in [0.29, 0.717) is 18.5 Å². The molecule has 11 nitrogen and oxygen atoms in total. The van der Waals surface area contributed by atoms with Gasteiger partial charge in [-0.2, -0.15) is 0 Å². The average Bonchev–Trinajstić information content (AvgIpc) is 2.95. The van der Waals surface area contributed by atoms with Crippen LogP contribution in [-0.4, -0.2) is 78.3 Å². The normalized spacial score (nSPS) is 31.3. The number of nitrogens with two attached hydrogens (primary N) is 1. The molecule has 1 aliphatic heterocycles. The summed E-state index contributed by atoms with van der Waals surface area (Å²) in [4.78, 5) is 51.6. The Morgan fingerprint density at radius 1 is 1.19 bits per heavy atom. The molecule has 2 rings (SSSR count). The molecule has 0 fully saturated rings. The molecule has 1 aliphatic carbocycles. The first-order valence-electron chi connectivity index (χ1n) is 14.2. The first-order chi connectivity index (χ1) is 20.3. The number of methoxy groups -OCH3 is 2. The number of nitrogens with one attached hydrogen (secondary N) is 2. The van der Waals surface area contributed by atoms with E-state index in [1.807, 2.05) is 13.8 Å². The van der Waals surface area contributed by atoms with Gasteiger partial charge in [0.1, 0.15) is 6.10 Å². The number of primary amides is 1. The van der Waals surface area contributed by atoms with Crippen LogP contribution in [0.25, 0.3) is 0 Å². The molecule has 0 saturated heterocycles. The Balaban J connectivity index is 2.61. The Morgan fingerprint density at radius 2 is 1.88 bits per heavy atom. The summed E-state index contributed by atoms with van der Waals surface area (Å²) < 4.78 is 17.5. The highest BCUT2D eigenvalue weighted by Crippen LogP contribution is 2.29. The number of alkyl halides is 1. The maximum atomic E-state index is 13.6. The number of aliphatic hydroxyl groups excluding tert-OH is 1. The van der Waals surface area contributed by atoms with Crippen molar-refractivity contribution in [2.75, 3.05) is 25.2 Å². The molecule has 0 unspecified atom stereocenters. The summed E-state index contributed by atoms with van der Waals surface area (Å²) in [6.45, 7) is 7.55. The van der Waals surface area contributed by atoms with Crippen LogP contribution in [0, 0.1) is 11.8 Å². The van der Waals surface area contributed by atoms with Crippen molar-refractivity contribution >= 4 is 46.2 Å². The van der Waals surface area contributed by atoms with Crippen LogP contribution in [0.1, 0.15) is 47.0 Å². The molecule has 0 saturated carbocycles. The quantitative estimate of drug-likeness (QED) is 0.102. The zero-order chi connectivity index (χ0) is 32.3. The predicted molar refractivity (Wildman–Crippen MR) is 171 cm³/mol. The van der Waals surface area contributed by atoms with Crippen LogP contribution in [0.4, 0.5) is 4.79 Å². The molecular weight excluding hydrogens is 669 g/mol. The maximum absolute atomic E-state index is 13.6. The molecule has 0 aromatic carbocycles. The van der Waals surface area contributed by atoms with Crippen molar-refractivity contribution in [3.8, 4) is 0 Å². The minimum absolute atomic E-state index is 0.104. The second-order valence-electron chi connectivity index (χ2n) is 10.9. The summed E-state index contributed by atoms with van der Waals surface area (Å²) in [6, 6.07) is 0. The predicted octanol–water partition coefficient (Wildman–Crippen LogP) is 3.18. The molecule has 43 heavy (non-hydrogen) atoms. The van der Waals surface area contributed by atoms with Gasteiger partial charge >= 0.3 is 6.09 Å². The average molecular weight is 714 g/mol. The number of aliphatic hydroxyl groups is 1. The number of hydrogen-bond donors (Lipinski definition) is 4. The largest absolute Gasteiger partial charge is 0.439 e. The first kappa shape index (κ1) is 36.4. The number of fused-ring (bicyclic) bond motifs is 2. The van der Waals surface area contributed by atoms with Crippen molar-refractivity contribution in [1.29, 1.82) is 0 Å². The summed E-state index contributed by atoms with van der Waals surface area (Å²) >= 11 is 2.24. The van der Waals surface area contributed by atoms with Crippen LogP contribution >= 0.6 is 22.6 Å². The van der Waals surface area contributed by atoms with Crippen LogP contribution in [-0.2, 0) is 28.6 Å². The van der Waals surface area contributed by atoms with Crippen molar-refractivity contribution < 1.29 is 38.5 Å². The number of ketones is 2. The van der Waals surface area contributed by atoms with E-state index in [4.69, 9.17) is 19.9 Å². The van der Waals surface area contributed by atoms with Gasteiger partial charge in [0.2, 0.25) is 11.6 Å². The van der Waals surface area contributed by atoms with E-state index in [0.717, 1.165) is 16.9 Å². The second kappa shape index (κ2) is 17.5. The number of carbonyl (C=O) groups is 4. The van der Waals surface area contributed by atoms with Crippen molar-refractivity contribution in [1.82, 2.24) is 10.6 Å².